The molecule has 0 saturated heterocycles. The Labute approximate surface area is 137 Å². The SMILES string of the molecule is CC(C)=CCC/C(C)=C/CC1=C(C)C(=O)C(CO)=C(CO)C1=O. The maximum absolute atomic E-state index is 12.4. The smallest absolute Gasteiger partial charge is 0.188 e. The first kappa shape index (κ1) is 19.3. The number of ketones is 2. The first-order chi connectivity index (χ1) is 10.8. The van der Waals surface area contributed by atoms with Crippen molar-refractivity contribution in [1.29, 1.82) is 0 Å². The zero-order valence-corrected chi connectivity index (χ0v) is 14.4. The fraction of sp³-hybridized carbons (Fsp3) is 0.474. The monoisotopic (exact) mass is 318 g/mol. The average molecular weight is 318 g/mol. The minimum absolute atomic E-state index is 0.0167. The van der Waals surface area contributed by atoms with Crippen molar-refractivity contribution < 1.29 is 19.8 Å². The van der Waals surface area contributed by atoms with Crippen LogP contribution in [0.1, 0.15) is 47.0 Å². The third-order valence-electron chi connectivity index (χ3n) is 4.04. The van der Waals surface area contributed by atoms with E-state index in [1.807, 2.05) is 13.0 Å². The highest BCUT2D eigenvalue weighted by Gasteiger charge is 2.30. The molecule has 0 saturated carbocycles. The summed E-state index contributed by atoms with van der Waals surface area (Å²) in [6.45, 7) is 6.67. The first-order valence-electron chi connectivity index (χ1n) is 7.85. The summed E-state index contributed by atoms with van der Waals surface area (Å²) in [4.78, 5) is 24.6. The van der Waals surface area contributed by atoms with E-state index in [1.54, 1.807) is 6.92 Å². The second-order valence-corrected chi connectivity index (χ2v) is 6.11. The van der Waals surface area contributed by atoms with Crippen LogP contribution >= 0.6 is 0 Å². The van der Waals surface area contributed by atoms with Gasteiger partial charge in [0.05, 0.1) is 13.2 Å². The maximum Gasteiger partial charge on any atom is 0.188 e. The summed E-state index contributed by atoms with van der Waals surface area (Å²) >= 11 is 0. The molecule has 0 amide bonds. The number of hydrogen-bond donors (Lipinski definition) is 2. The second kappa shape index (κ2) is 8.75. The topological polar surface area (TPSA) is 74.6 Å². The van der Waals surface area contributed by atoms with E-state index >= 15 is 0 Å². The van der Waals surface area contributed by atoms with Crippen molar-refractivity contribution in [1.82, 2.24) is 0 Å². The summed E-state index contributed by atoms with van der Waals surface area (Å²) in [5.41, 5.74) is 3.25. The molecule has 1 aliphatic carbocycles. The van der Waals surface area contributed by atoms with E-state index in [9.17, 15) is 19.8 Å². The molecule has 0 unspecified atom stereocenters. The van der Waals surface area contributed by atoms with E-state index < -0.39 is 13.2 Å². The molecule has 0 aliphatic heterocycles. The molecule has 2 N–H and O–H groups in total. The van der Waals surface area contributed by atoms with Crippen molar-refractivity contribution in [3.63, 3.8) is 0 Å². The van der Waals surface area contributed by atoms with Crippen LogP contribution in [0.4, 0.5) is 0 Å². The third-order valence-corrected chi connectivity index (χ3v) is 4.04. The van der Waals surface area contributed by atoms with Gasteiger partial charge < -0.3 is 10.2 Å². The van der Waals surface area contributed by atoms with Gasteiger partial charge in [0.15, 0.2) is 11.6 Å². The lowest BCUT2D eigenvalue weighted by atomic mass is 9.83. The number of Topliss-reactive ketones (excluding diaryl/α,β-unsaturated/α-hetero) is 2. The highest BCUT2D eigenvalue weighted by Crippen LogP contribution is 2.27. The largest absolute Gasteiger partial charge is 0.392 e. The molecule has 23 heavy (non-hydrogen) atoms. The second-order valence-electron chi connectivity index (χ2n) is 6.11. The average Bonchev–Trinajstić information content (AvgIpc) is 2.50. The third kappa shape index (κ3) is 4.85. The van der Waals surface area contributed by atoms with E-state index in [1.165, 1.54) is 5.57 Å². The molecule has 1 aliphatic rings. The minimum Gasteiger partial charge on any atom is -0.392 e. The van der Waals surface area contributed by atoms with Crippen LogP contribution < -0.4 is 0 Å². The van der Waals surface area contributed by atoms with Gasteiger partial charge in [0.1, 0.15) is 0 Å². The van der Waals surface area contributed by atoms with Crippen molar-refractivity contribution in [2.45, 2.75) is 47.0 Å². The van der Waals surface area contributed by atoms with Crippen molar-refractivity contribution >= 4 is 11.6 Å². The Morgan fingerprint density at radius 1 is 0.913 bits per heavy atom. The van der Waals surface area contributed by atoms with Gasteiger partial charge in [-0.2, -0.15) is 0 Å². The maximum atomic E-state index is 12.4. The van der Waals surface area contributed by atoms with Gasteiger partial charge in [-0.15, -0.1) is 0 Å². The fourth-order valence-electron chi connectivity index (χ4n) is 2.54. The van der Waals surface area contributed by atoms with Gasteiger partial charge in [-0.3, -0.25) is 9.59 Å². The summed E-state index contributed by atoms with van der Waals surface area (Å²) in [6, 6.07) is 0. The van der Waals surface area contributed by atoms with E-state index in [2.05, 4.69) is 19.9 Å². The van der Waals surface area contributed by atoms with Crippen LogP contribution in [0.2, 0.25) is 0 Å². The number of aliphatic hydroxyl groups excluding tert-OH is 2. The van der Waals surface area contributed by atoms with Gasteiger partial charge in [0, 0.05) is 22.3 Å². The van der Waals surface area contributed by atoms with Gasteiger partial charge in [-0.05, 0) is 47.0 Å². The Balaban J connectivity index is 2.92. The molecule has 0 fully saturated rings. The van der Waals surface area contributed by atoms with Crippen LogP contribution in [0, 0.1) is 0 Å². The predicted molar refractivity (Wildman–Crippen MR) is 91.0 cm³/mol. The first-order valence-corrected chi connectivity index (χ1v) is 7.85. The lowest BCUT2D eigenvalue weighted by Gasteiger charge is -2.20. The van der Waals surface area contributed by atoms with Crippen molar-refractivity contribution in [2.75, 3.05) is 13.2 Å². The van der Waals surface area contributed by atoms with Crippen LogP contribution in [-0.4, -0.2) is 35.0 Å². The van der Waals surface area contributed by atoms with Crippen LogP contribution in [-0.2, 0) is 9.59 Å². The Morgan fingerprint density at radius 3 is 2.00 bits per heavy atom. The lowest BCUT2D eigenvalue weighted by Crippen LogP contribution is -2.26. The number of carbonyl (C=O) groups is 2. The van der Waals surface area contributed by atoms with E-state index in [4.69, 9.17) is 0 Å². The molecule has 0 spiro atoms. The number of carbonyl (C=O) groups excluding carboxylic acids is 2. The summed E-state index contributed by atoms with van der Waals surface area (Å²) in [6.07, 6.45) is 6.36. The zero-order chi connectivity index (χ0) is 17.6. The van der Waals surface area contributed by atoms with Crippen LogP contribution in [0.5, 0.6) is 0 Å². The van der Waals surface area contributed by atoms with Gasteiger partial charge in [-0.1, -0.05) is 23.3 Å². The predicted octanol–water partition coefficient (Wildman–Crippen LogP) is 2.82. The van der Waals surface area contributed by atoms with Gasteiger partial charge in [-0.25, -0.2) is 0 Å². The van der Waals surface area contributed by atoms with Crippen LogP contribution in [0.25, 0.3) is 0 Å². The molecule has 0 atom stereocenters. The lowest BCUT2D eigenvalue weighted by molar-refractivity contribution is -0.117. The molecule has 0 aromatic heterocycles. The minimum atomic E-state index is -0.527. The molecule has 4 nitrogen and oxygen atoms in total. The Kier molecular flexibility index (Phi) is 7.33. The number of rotatable bonds is 7. The van der Waals surface area contributed by atoms with Crippen LogP contribution in [0.15, 0.2) is 45.6 Å². The van der Waals surface area contributed by atoms with Crippen molar-refractivity contribution in [2.24, 2.45) is 0 Å². The van der Waals surface area contributed by atoms with Gasteiger partial charge >= 0.3 is 0 Å². The van der Waals surface area contributed by atoms with Crippen LogP contribution in [0.3, 0.4) is 0 Å². The Morgan fingerprint density at radius 2 is 1.48 bits per heavy atom. The molecule has 1 rings (SSSR count). The summed E-state index contributed by atoms with van der Waals surface area (Å²) in [5.74, 6) is -0.677. The molecule has 126 valence electrons. The van der Waals surface area contributed by atoms with Crippen molar-refractivity contribution in [3.8, 4) is 0 Å². The molecule has 0 heterocycles. The van der Waals surface area contributed by atoms with E-state index in [0.29, 0.717) is 17.6 Å². The molecular weight excluding hydrogens is 292 g/mol. The standard InChI is InChI=1S/C19H26O4/c1-12(2)6-5-7-13(3)8-9-15-14(4)18(22)16(10-20)17(11-21)19(15)23/h6,8,20-21H,5,7,9-11H2,1-4H3/b13-8+. The summed E-state index contributed by atoms with van der Waals surface area (Å²) in [5, 5.41) is 18.6. The summed E-state index contributed by atoms with van der Waals surface area (Å²) in [7, 11) is 0. The highest BCUT2D eigenvalue weighted by atomic mass is 16.3. The van der Waals surface area contributed by atoms with Gasteiger partial charge in [0.2, 0.25) is 0 Å². The van der Waals surface area contributed by atoms with E-state index in [0.717, 1.165) is 18.4 Å². The molecule has 0 aromatic carbocycles. The van der Waals surface area contributed by atoms with E-state index in [-0.39, 0.29) is 22.7 Å². The normalized spacial score (nSPS) is 16.3. The Bertz CT molecular complexity index is 611. The number of aliphatic hydroxyl groups is 2. The molecule has 0 bridgehead atoms. The quantitative estimate of drug-likeness (QED) is 0.559. The zero-order valence-electron chi connectivity index (χ0n) is 14.4. The number of hydrogen-bond acceptors (Lipinski definition) is 4. The molecular formula is C19H26O4. The number of allylic oxidation sites excluding steroid dienone is 6. The van der Waals surface area contributed by atoms with Gasteiger partial charge in [0.25, 0.3) is 0 Å². The Hall–Kier alpha value is -1.78. The molecule has 0 radical (unpaired) electrons. The highest BCUT2D eigenvalue weighted by molar-refractivity contribution is 6.25. The molecule has 0 aromatic rings. The summed E-state index contributed by atoms with van der Waals surface area (Å²) < 4.78 is 0. The fourth-order valence-corrected chi connectivity index (χ4v) is 2.54. The molecule has 4 heteroatoms. The van der Waals surface area contributed by atoms with Crippen molar-refractivity contribution in [3.05, 3.63) is 45.6 Å².